The van der Waals surface area contributed by atoms with Gasteiger partial charge < -0.3 is 10.1 Å². The first-order valence-electron chi connectivity index (χ1n) is 4.86. The molecule has 15 heavy (non-hydrogen) atoms. The maximum Gasteiger partial charge on any atom is 0.224 e. The number of ether oxygens (including phenoxy) is 1. The molecule has 1 aromatic carbocycles. The van der Waals surface area contributed by atoms with Gasteiger partial charge in [-0.3, -0.25) is 4.79 Å². The summed E-state index contributed by atoms with van der Waals surface area (Å²) in [5, 5.41) is 3.51. The van der Waals surface area contributed by atoms with Gasteiger partial charge in [0.25, 0.3) is 0 Å². The highest BCUT2D eigenvalue weighted by Crippen LogP contribution is 2.15. The number of hydrogen-bond acceptors (Lipinski definition) is 2. The molecular weight excluding hydrogens is 214 g/mol. The lowest BCUT2D eigenvalue weighted by Gasteiger charge is -2.26. The second-order valence-electron chi connectivity index (χ2n) is 3.57. The molecule has 0 aromatic heterocycles. The lowest BCUT2D eigenvalue weighted by Crippen LogP contribution is -2.49. The van der Waals surface area contributed by atoms with Crippen molar-refractivity contribution in [3.63, 3.8) is 0 Å². The highest BCUT2D eigenvalue weighted by Gasteiger charge is 2.20. The molecule has 1 fully saturated rings. The van der Waals surface area contributed by atoms with Crippen molar-refractivity contribution in [2.45, 2.75) is 12.5 Å². The van der Waals surface area contributed by atoms with Crippen LogP contribution in [0, 0.1) is 0 Å². The van der Waals surface area contributed by atoms with Gasteiger partial charge in [0.05, 0.1) is 25.7 Å². The summed E-state index contributed by atoms with van der Waals surface area (Å²) in [7, 11) is 0. The van der Waals surface area contributed by atoms with Crippen LogP contribution in [0.4, 0.5) is 0 Å². The van der Waals surface area contributed by atoms with Crippen LogP contribution in [-0.4, -0.2) is 25.2 Å². The number of halogens is 1. The Balaban J connectivity index is 1.90. The average Bonchev–Trinajstić information content (AvgIpc) is 2.16. The molecule has 80 valence electrons. The van der Waals surface area contributed by atoms with Crippen LogP contribution in [0.25, 0.3) is 0 Å². The molecule has 1 aliphatic heterocycles. The van der Waals surface area contributed by atoms with E-state index in [1.165, 1.54) is 0 Å². The molecule has 0 bridgehead atoms. The third-order valence-corrected chi connectivity index (χ3v) is 2.68. The SMILES string of the molecule is O=C(Cc1ccccc1Cl)NC1COC1. The van der Waals surface area contributed by atoms with Crippen molar-refractivity contribution in [3.05, 3.63) is 34.9 Å². The Labute approximate surface area is 93.4 Å². The summed E-state index contributed by atoms with van der Waals surface area (Å²) >= 11 is 5.95. The van der Waals surface area contributed by atoms with Crippen molar-refractivity contribution >= 4 is 17.5 Å². The monoisotopic (exact) mass is 225 g/mol. The Morgan fingerprint density at radius 1 is 1.47 bits per heavy atom. The van der Waals surface area contributed by atoms with Crippen LogP contribution in [0.1, 0.15) is 5.56 Å². The molecule has 1 aromatic rings. The van der Waals surface area contributed by atoms with Crippen molar-refractivity contribution in [1.29, 1.82) is 0 Å². The van der Waals surface area contributed by atoms with E-state index < -0.39 is 0 Å². The number of amides is 1. The van der Waals surface area contributed by atoms with Crippen LogP contribution in [0.5, 0.6) is 0 Å². The largest absolute Gasteiger partial charge is 0.377 e. The molecule has 2 rings (SSSR count). The first-order valence-corrected chi connectivity index (χ1v) is 5.24. The van der Waals surface area contributed by atoms with Crippen LogP contribution in [0.2, 0.25) is 5.02 Å². The van der Waals surface area contributed by atoms with Gasteiger partial charge in [0.15, 0.2) is 0 Å². The van der Waals surface area contributed by atoms with Gasteiger partial charge in [-0.25, -0.2) is 0 Å². The fraction of sp³-hybridized carbons (Fsp3) is 0.364. The third-order valence-electron chi connectivity index (χ3n) is 2.31. The predicted molar refractivity (Wildman–Crippen MR) is 57.9 cm³/mol. The van der Waals surface area contributed by atoms with E-state index in [4.69, 9.17) is 16.3 Å². The molecule has 0 atom stereocenters. The third kappa shape index (κ3) is 2.70. The maximum absolute atomic E-state index is 11.5. The summed E-state index contributed by atoms with van der Waals surface area (Å²) in [5.74, 6) is -0.00333. The number of hydrogen-bond donors (Lipinski definition) is 1. The average molecular weight is 226 g/mol. The topological polar surface area (TPSA) is 38.3 Å². The molecule has 1 saturated heterocycles. The zero-order valence-corrected chi connectivity index (χ0v) is 8.96. The van der Waals surface area contributed by atoms with Crippen LogP contribution >= 0.6 is 11.6 Å². The number of carbonyl (C=O) groups excluding carboxylic acids is 1. The predicted octanol–water partition coefficient (Wildman–Crippen LogP) is 1.40. The summed E-state index contributed by atoms with van der Waals surface area (Å²) in [6.07, 6.45) is 0.330. The standard InChI is InChI=1S/C11H12ClNO2/c12-10-4-2-1-3-8(10)5-11(14)13-9-6-15-7-9/h1-4,9H,5-7H2,(H,13,14). The van der Waals surface area contributed by atoms with E-state index in [-0.39, 0.29) is 11.9 Å². The Morgan fingerprint density at radius 2 is 2.20 bits per heavy atom. The lowest BCUT2D eigenvalue weighted by atomic mass is 10.1. The molecule has 0 aliphatic carbocycles. The molecule has 1 N–H and O–H groups in total. The fourth-order valence-electron chi connectivity index (χ4n) is 1.41. The molecule has 0 unspecified atom stereocenters. The fourth-order valence-corrected chi connectivity index (χ4v) is 1.62. The molecule has 0 spiro atoms. The van der Waals surface area contributed by atoms with Crippen molar-refractivity contribution < 1.29 is 9.53 Å². The minimum atomic E-state index is -0.00333. The van der Waals surface area contributed by atoms with Gasteiger partial charge in [-0.2, -0.15) is 0 Å². The van der Waals surface area contributed by atoms with Crippen LogP contribution in [0.3, 0.4) is 0 Å². The highest BCUT2D eigenvalue weighted by atomic mass is 35.5. The van der Waals surface area contributed by atoms with Gasteiger partial charge in [-0.15, -0.1) is 0 Å². The van der Waals surface area contributed by atoms with Crippen molar-refractivity contribution in [2.24, 2.45) is 0 Å². The van der Waals surface area contributed by atoms with Gasteiger partial charge in [-0.05, 0) is 11.6 Å². The highest BCUT2D eigenvalue weighted by molar-refractivity contribution is 6.31. The van der Waals surface area contributed by atoms with Gasteiger partial charge in [0.2, 0.25) is 5.91 Å². The minimum Gasteiger partial charge on any atom is -0.377 e. The lowest BCUT2D eigenvalue weighted by molar-refractivity contribution is -0.124. The van der Waals surface area contributed by atoms with E-state index >= 15 is 0 Å². The smallest absolute Gasteiger partial charge is 0.224 e. The zero-order valence-electron chi connectivity index (χ0n) is 8.20. The van der Waals surface area contributed by atoms with Gasteiger partial charge in [0, 0.05) is 5.02 Å². The van der Waals surface area contributed by atoms with Crippen molar-refractivity contribution in [2.75, 3.05) is 13.2 Å². The van der Waals surface area contributed by atoms with Crippen LogP contribution in [0.15, 0.2) is 24.3 Å². The number of carbonyl (C=O) groups is 1. The number of rotatable bonds is 3. The second kappa shape index (κ2) is 4.64. The van der Waals surface area contributed by atoms with Gasteiger partial charge in [-0.1, -0.05) is 29.8 Å². The van der Waals surface area contributed by atoms with Crippen molar-refractivity contribution in [3.8, 4) is 0 Å². The number of benzene rings is 1. The Morgan fingerprint density at radius 3 is 2.80 bits per heavy atom. The van der Waals surface area contributed by atoms with E-state index in [1.807, 2.05) is 18.2 Å². The number of nitrogens with one attached hydrogen (secondary N) is 1. The van der Waals surface area contributed by atoms with E-state index in [1.54, 1.807) is 6.07 Å². The zero-order chi connectivity index (χ0) is 10.7. The molecule has 1 amide bonds. The summed E-state index contributed by atoms with van der Waals surface area (Å²) in [4.78, 5) is 11.5. The molecule has 4 heteroatoms. The molecule has 0 saturated carbocycles. The molecule has 1 heterocycles. The molecular formula is C11H12ClNO2. The first-order chi connectivity index (χ1) is 7.25. The summed E-state index contributed by atoms with van der Waals surface area (Å²) in [5.41, 5.74) is 0.858. The van der Waals surface area contributed by atoms with Gasteiger partial charge in [0.1, 0.15) is 0 Å². The summed E-state index contributed by atoms with van der Waals surface area (Å²) < 4.78 is 4.97. The Hall–Kier alpha value is -1.06. The normalized spacial score (nSPS) is 15.8. The molecule has 1 aliphatic rings. The van der Waals surface area contributed by atoms with Crippen LogP contribution < -0.4 is 5.32 Å². The molecule has 3 nitrogen and oxygen atoms in total. The first kappa shape index (κ1) is 10.5. The quantitative estimate of drug-likeness (QED) is 0.845. The van der Waals surface area contributed by atoms with Crippen molar-refractivity contribution in [1.82, 2.24) is 5.32 Å². The maximum atomic E-state index is 11.5. The van der Waals surface area contributed by atoms with Gasteiger partial charge >= 0.3 is 0 Å². The molecule has 0 radical (unpaired) electrons. The Bertz CT molecular complexity index is 363. The van der Waals surface area contributed by atoms with Crippen LogP contribution in [-0.2, 0) is 16.0 Å². The second-order valence-corrected chi connectivity index (χ2v) is 3.98. The van der Waals surface area contributed by atoms with E-state index in [9.17, 15) is 4.79 Å². The summed E-state index contributed by atoms with van der Waals surface area (Å²) in [6.45, 7) is 1.24. The van der Waals surface area contributed by atoms with E-state index in [0.717, 1.165) is 5.56 Å². The summed E-state index contributed by atoms with van der Waals surface area (Å²) in [6, 6.07) is 7.56. The minimum absolute atomic E-state index is 0.00333. The van der Waals surface area contributed by atoms with E-state index in [0.29, 0.717) is 24.7 Å². The van der Waals surface area contributed by atoms with E-state index in [2.05, 4.69) is 5.32 Å². The Kier molecular flexibility index (Phi) is 3.23.